The molecule has 0 aromatic heterocycles. The van der Waals surface area contributed by atoms with Gasteiger partial charge in [0.15, 0.2) is 0 Å². The predicted octanol–water partition coefficient (Wildman–Crippen LogP) is 0.610. The van der Waals surface area contributed by atoms with Gasteiger partial charge in [-0.1, -0.05) is 6.92 Å². The summed E-state index contributed by atoms with van der Waals surface area (Å²) >= 11 is 0. The largest absolute Gasteiger partial charge is 0.338 e. The number of carbonyl (C=O) groups excluding carboxylic acids is 2. The number of hydrogen-bond acceptors (Lipinski definition) is 3. The molecule has 0 spiro atoms. The summed E-state index contributed by atoms with van der Waals surface area (Å²) in [6.07, 6.45) is 2.43. The van der Waals surface area contributed by atoms with Crippen molar-refractivity contribution in [2.24, 2.45) is 5.41 Å². The van der Waals surface area contributed by atoms with Crippen LogP contribution in [0.15, 0.2) is 0 Å². The molecule has 1 aliphatic carbocycles. The number of hydrogen-bond donors (Lipinski definition) is 3. The number of amides is 3. The number of carbonyl (C=O) groups is 2. The lowest BCUT2D eigenvalue weighted by Crippen LogP contribution is -2.48. The topological polar surface area (TPSA) is 70.2 Å². The molecule has 3 N–H and O–H groups in total. The Kier molecular flexibility index (Phi) is 4.29. The molecule has 92 valence electrons. The highest BCUT2D eigenvalue weighted by Gasteiger charge is 2.37. The van der Waals surface area contributed by atoms with Gasteiger partial charge in [0.25, 0.3) is 0 Å². The zero-order chi connectivity index (χ0) is 12.2. The van der Waals surface area contributed by atoms with Crippen LogP contribution in [-0.2, 0) is 4.79 Å². The summed E-state index contributed by atoms with van der Waals surface area (Å²) in [4.78, 5) is 22.6. The Morgan fingerprint density at radius 1 is 1.38 bits per heavy atom. The molecule has 1 saturated carbocycles. The van der Waals surface area contributed by atoms with E-state index in [0.717, 1.165) is 6.54 Å². The summed E-state index contributed by atoms with van der Waals surface area (Å²) in [6.45, 7) is 7.10. The lowest BCUT2D eigenvalue weighted by molar-refractivity contribution is -0.121. The molecule has 3 amide bonds. The van der Waals surface area contributed by atoms with Crippen molar-refractivity contribution in [1.29, 1.82) is 0 Å². The van der Waals surface area contributed by atoms with Crippen molar-refractivity contribution in [3.05, 3.63) is 0 Å². The fourth-order valence-corrected chi connectivity index (χ4v) is 1.31. The van der Waals surface area contributed by atoms with Gasteiger partial charge in [-0.3, -0.25) is 10.1 Å². The van der Waals surface area contributed by atoms with Crippen molar-refractivity contribution in [1.82, 2.24) is 16.0 Å². The Morgan fingerprint density at radius 2 is 2.00 bits per heavy atom. The first-order valence-corrected chi connectivity index (χ1v) is 5.79. The van der Waals surface area contributed by atoms with Crippen LogP contribution in [0, 0.1) is 5.41 Å². The van der Waals surface area contributed by atoms with E-state index in [1.165, 1.54) is 12.8 Å². The normalized spacial score (nSPS) is 18.7. The first kappa shape index (κ1) is 13.0. The zero-order valence-corrected chi connectivity index (χ0v) is 10.2. The summed E-state index contributed by atoms with van der Waals surface area (Å²) in [5.74, 6) is -0.282. The van der Waals surface area contributed by atoms with Crippen molar-refractivity contribution in [2.75, 3.05) is 13.1 Å². The molecular formula is C11H21N3O2. The maximum absolute atomic E-state index is 11.5. The summed E-state index contributed by atoms with van der Waals surface area (Å²) in [5, 5.41) is 7.94. The van der Waals surface area contributed by atoms with Gasteiger partial charge in [-0.15, -0.1) is 0 Å². The van der Waals surface area contributed by atoms with Crippen molar-refractivity contribution < 1.29 is 9.59 Å². The average Bonchev–Trinajstić information content (AvgIpc) is 2.94. The van der Waals surface area contributed by atoms with E-state index in [-0.39, 0.29) is 11.9 Å². The maximum Gasteiger partial charge on any atom is 0.321 e. The molecule has 0 heterocycles. The van der Waals surface area contributed by atoms with Crippen LogP contribution in [0.2, 0.25) is 0 Å². The minimum absolute atomic E-state index is 0.282. The molecule has 5 heteroatoms. The van der Waals surface area contributed by atoms with Crippen molar-refractivity contribution >= 4 is 11.9 Å². The minimum atomic E-state index is -0.432. The molecule has 5 nitrogen and oxygen atoms in total. The monoisotopic (exact) mass is 227 g/mol. The fourth-order valence-electron chi connectivity index (χ4n) is 1.31. The Balaban J connectivity index is 2.21. The van der Waals surface area contributed by atoms with E-state index in [1.54, 1.807) is 13.8 Å². The molecule has 1 fully saturated rings. The molecule has 0 aromatic carbocycles. The molecule has 1 unspecified atom stereocenters. The second-order valence-electron chi connectivity index (χ2n) is 4.76. The quantitative estimate of drug-likeness (QED) is 0.644. The highest BCUT2D eigenvalue weighted by atomic mass is 16.2. The summed E-state index contributed by atoms with van der Waals surface area (Å²) < 4.78 is 0. The van der Waals surface area contributed by atoms with Gasteiger partial charge < -0.3 is 10.6 Å². The summed E-state index contributed by atoms with van der Waals surface area (Å²) in [7, 11) is 0. The van der Waals surface area contributed by atoms with E-state index < -0.39 is 6.03 Å². The SMILES string of the molecule is CCNC(=O)NC(=O)C(C)NCC1(C)CC1. The molecule has 0 aliphatic heterocycles. The second kappa shape index (κ2) is 5.30. The Morgan fingerprint density at radius 3 is 2.50 bits per heavy atom. The fraction of sp³-hybridized carbons (Fsp3) is 0.818. The molecular weight excluding hydrogens is 206 g/mol. The van der Waals surface area contributed by atoms with E-state index in [9.17, 15) is 9.59 Å². The van der Waals surface area contributed by atoms with Gasteiger partial charge in [0.05, 0.1) is 6.04 Å². The van der Waals surface area contributed by atoms with Crippen LogP contribution in [0.3, 0.4) is 0 Å². The molecule has 1 atom stereocenters. The second-order valence-corrected chi connectivity index (χ2v) is 4.76. The Bertz CT molecular complexity index is 274. The van der Waals surface area contributed by atoms with Gasteiger partial charge in [0.1, 0.15) is 0 Å². The van der Waals surface area contributed by atoms with Crippen LogP contribution in [0.1, 0.15) is 33.6 Å². The molecule has 0 saturated heterocycles. The maximum atomic E-state index is 11.5. The van der Waals surface area contributed by atoms with Crippen LogP contribution in [0.4, 0.5) is 4.79 Å². The Hall–Kier alpha value is -1.10. The molecule has 0 aromatic rings. The van der Waals surface area contributed by atoms with E-state index in [4.69, 9.17) is 0 Å². The van der Waals surface area contributed by atoms with E-state index in [0.29, 0.717) is 12.0 Å². The first-order chi connectivity index (χ1) is 7.47. The molecule has 1 rings (SSSR count). The lowest BCUT2D eigenvalue weighted by atomic mass is 10.1. The van der Waals surface area contributed by atoms with Crippen LogP contribution < -0.4 is 16.0 Å². The highest BCUT2D eigenvalue weighted by molar-refractivity contribution is 5.96. The van der Waals surface area contributed by atoms with Crippen molar-refractivity contribution in [3.63, 3.8) is 0 Å². The average molecular weight is 227 g/mol. The number of urea groups is 1. The highest BCUT2D eigenvalue weighted by Crippen LogP contribution is 2.44. The van der Waals surface area contributed by atoms with E-state index >= 15 is 0 Å². The lowest BCUT2D eigenvalue weighted by Gasteiger charge is -2.16. The first-order valence-electron chi connectivity index (χ1n) is 5.79. The Labute approximate surface area is 96.4 Å². The molecule has 1 aliphatic rings. The van der Waals surface area contributed by atoms with Crippen LogP contribution in [-0.4, -0.2) is 31.1 Å². The minimum Gasteiger partial charge on any atom is -0.338 e. The predicted molar refractivity (Wildman–Crippen MR) is 62.0 cm³/mol. The third-order valence-corrected chi connectivity index (χ3v) is 2.91. The smallest absolute Gasteiger partial charge is 0.321 e. The molecule has 16 heavy (non-hydrogen) atoms. The molecule has 0 bridgehead atoms. The summed E-state index contributed by atoms with van der Waals surface area (Å²) in [6, 6.07) is -0.765. The summed E-state index contributed by atoms with van der Waals surface area (Å²) in [5.41, 5.74) is 0.361. The van der Waals surface area contributed by atoms with E-state index in [1.807, 2.05) is 0 Å². The zero-order valence-electron chi connectivity index (χ0n) is 10.2. The molecule has 0 radical (unpaired) electrons. The van der Waals surface area contributed by atoms with Crippen LogP contribution in [0.25, 0.3) is 0 Å². The van der Waals surface area contributed by atoms with Crippen molar-refractivity contribution in [3.8, 4) is 0 Å². The van der Waals surface area contributed by atoms with Crippen LogP contribution >= 0.6 is 0 Å². The standard InChI is InChI=1S/C11H21N3O2/c1-4-12-10(16)14-9(15)8(2)13-7-11(3)5-6-11/h8,13H,4-7H2,1-3H3,(H2,12,14,15,16). The van der Waals surface area contributed by atoms with Crippen molar-refractivity contribution in [2.45, 2.75) is 39.7 Å². The third kappa shape index (κ3) is 4.18. The number of rotatable bonds is 5. The van der Waals surface area contributed by atoms with Gasteiger partial charge >= 0.3 is 6.03 Å². The van der Waals surface area contributed by atoms with Gasteiger partial charge in [0.2, 0.25) is 5.91 Å². The van der Waals surface area contributed by atoms with Gasteiger partial charge in [-0.05, 0) is 32.1 Å². The van der Waals surface area contributed by atoms with Gasteiger partial charge in [-0.2, -0.15) is 0 Å². The number of nitrogens with one attached hydrogen (secondary N) is 3. The van der Waals surface area contributed by atoms with Gasteiger partial charge in [0, 0.05) is 13.1 Å². The van der Waals surface area contributed by atoms with Gasteiger partial charge in [-0.25, -0.2) is 4.79 Å². The van der Waals surface area contributed by atoms with Crippen LogP contribution in [0.5, 0.6) is 0 Å². The number of imide groups is 1. The third-order valence-electron chi connectivity index (χ3n) is 2.91. The van der Waals surface area contributed by atoms with E-state index in [2.05, 4.69) is 22.9 Å².